The van der Waals surface area contributed by atoms with E-state index in [1.54, 1.807) is 7.11 Å². The molecule has 5 heteroatoms. The molecule has 0 aliphatic carbocycles. The third-order valence-corrected chi connectivity index (χ3v) is 3.26. The average molecular weight is 268 g/mol. The molecule has 0 spiro atoms. The van der Waals surface area contributed by atoms with E-state index in [0.717, 1.165) is 29.8 Å². The zero-order valence-electron chi connectivity index (χ0n) is 10.7. The van der Waals surface area contributed by atoms with Crippen molar-refractivity contribution in [2.24, 2.45) is 5.73 Å². The molecule has 0 saturated heterocycles. The summed E-state index contributed by atoms with van der Waals surface area (Å²) in [6, 6.07) is 5.62. The van der Waals surface area contributed by atoms with E-state index >= 15 is 0 Å². The standard InChI is InChI=1S/C13H18ClN3O/c1-3-17-12-5-4-9(14)8-11(12)16-13(17)10(15)6-7-18-2/h4-5,8,10H,3,6-7,15H2,1-2H3. The molecule has 1 aromatic heterocycles. The zero-order chi connectivity index (χ0) is 13.1. The number of benzene rings is 1. The van der Waals surface area contributed by atoms with Gasteiger partial charge < -0.3 is 15.0 Å². The summed E-state index contributed by atoms with van der Waals surface area (Å²) in [6.07, 6.45) is 0.757. The van der Waals surface area contributed by atoms with Gasteiger partial charge in [0.05, 0.1) is 17.1 Å². The SMILES string of the molecule is CCn1c(C(N)CCOC)nc2cc(Cl)ccc21. The number of ether oxygens (including phenoxy) is 1. The van der Waals surface area contributed by atoms with Crippen LogP contribution < -0.4 is 5.73 Å². The third-order valence-electron chi connectivity index (χ3n) is 3.02. The molecule has 0 aliphatic heterocycles. The molecule has 1 atom stereocenters. The Morgan fingerprint density at radius 1 is 1.50 bits per heavy atom. The minimum Gasteiger partial charge on any atom is -0.385 e. The number of hydrogen-bond donors (Lipinski definition) is 1. The van der Waals surface area contributed by atoms with Crippen LogP contribution in [-0.4, -0.2) is 23.3 Å². The lowest BCUT2D eigenvalue weighted by Crippen LogP contribution is -2.18. The maximum absolute atomic E-state index is 6.16. The number of nitrogens with two attached hydrogens (primary N) is 1. The van der Waals surface area contributed by atoms with E-state index in [0.29, 0.717) is 11.6 Å². The first-order chi connectivity index (χ1) is 8.67. The van der Waals surface area contributed by atoms with Crippen molar-refractivity contribution < 1.29 is 4.74 Å². The highest BCUT2D eigenvalue weighted by atomic mass is 35.5. The lowest BCUT2D eigenvalue weighted by molar-refractivity contribution is 0.186. The van der Waals surface area contributed by atoms with Crippen molar-refractivity contribution in [3.8, 4) is 0 Å². The zero-order valence-corrected chi connectivity index (χ0v) is 11.4. The van der Waals surface area contributed by atoms with E-state index in [4.69, 9.17) is 22.1 Å². The van der Waals surface area contributed by atoms with Crippen molar-refractivity contribution in [2.75, 3.05) is 13.7 Å². The predicted octanol–water partition coefficient (Wildman–Crippen LogP) is 2.75. The number of methoxy groups -OCH3 is 1. The summed E-state index contributed by atoms with van der Waals surface area (Å²) in [6.45, 7) is 3.56. The van der Waals surface area contributed by atoms with Crippen LogP contribution in [0, 0.1) is 0 Å². The Kier molecular flexibility index (Phi) is 4.22. The summed E-state index contributed by atoms with van der Waals surface area (Å²) in [5, 5.41) is 0.695. The van der Waals surface area contributed by atoms with Gasteiger partial charge in [-0.25, -0.2) is 4.98 Å². The van der Waals surface area contributed by atoms with Crippen LogP contribution in [-0.2, 0) is 11.3 Å². The molecule has 1 heterocycles. The monoisotopic (exact) mass is 267 g/mol. The molecule has 2 rings (SSSR count). The fourth-order valence-electron chi connectivity index (χ4n) is 2.11. The van der Waals surface area contributed by atoms with Crippen LogP contribution in [0.4, 0.5) is 0 Å². The number of aryl methyl sites for hydroxylation is 1. The summed E-state index contributed by atoms with van der Waals surface area (Å²) in [5.74, 6) is 0.895. The van der Waals surface area contributed by atoms with Crippen molar-refractivity contribution in [1.82, 2.24) is 9.55 Å². The lowest BCUT2D eigenvalue weighted by atomic mass is 10.2. The third kappa shape index (κ3) is 2.51. The first-order valence-corrected chi connectivity index (χ1v) is 6.45. The van der Waals surface area contributed by atoms with Crippen molar-refractivity contribution in [2.45, 2.75) is 25.9 Å². The van der Waals surface area contributed by atoms with E-state index in [1.165, 1.54) is 0 Å². The molecule has 0 fully saturated rings. The highest BCUT2D eigenvalue weighted by Gasteiger charge is 2.16. The Balaban J connectivity index is 2.43. The fourth-order valence-corrected chi connectivity index (χ4v) is 2.28. The number of hydrogen-bond acceptors (Lipinski definition) is 3. The number of imidazole rings is 1. The van der Waals surface area contributed by atoms with Gasteiger partial charge in [-0.15, -0.1) is 0 Å². The van der Waals surface area contributed by atoms with Gasteiger partial charge in [0.25, 0.3) is 0 Å². The topological polar surface area (TPSA) is 53.1 Å². The molecule has 98 valence electrons. The second kappa shape index (κ2) is 5.69. The fraction of sp³-hybridized carbons (Fsp3) is 0.462. The highest BCUT2D eigenvalue weighted by Crippen LogP contribution is 2.24. The number of aromatic nitrogens is 2. The van der Waals surface area contributed by atoms with Crippen LogP contribution in [0.5, 0.6) is 0 Å². The minimum absolute atomic E-state index is 0.115. The van der Waals surface area contributed by atoms with Crippen LogP contribution in [0.25, 0.3) is 11.0 Å². The van der Waals surface area contributed by atoms with Gasteiger partial charge in [-0.3, -0.25) is 0 Å². The predicted molar refractivity (Wildman–Crippen MR) is 73.8 cm³/mol. The van der Waals surface area contributed by atoms with Gasteiger partial charge in [-0.2, -0.15) is 0 Å². The number of nitrogens with zero attached hydrogens (tertiary/aromatic N) is 2. The molecule has 2 N–H and O–H groups in total. The summed E-state index contributed by atoms with van der Waals surface area (Å²) < 4.78 is 7.19. The molecule has 0 radical (unpaired) electrons. The quantitative estimate of drug-likeness (QED) is 0.906. The van der Waals surface area contributed by atoms with Gasteiger partial charge in [0.15, 0.2) is 0 Å². The van der Waals surface area contributed by atoms with Gasteiger partial charge in [0.1, 0.15) is 5.82 Å². The molecular formula is C13H18ClN3O. The summed E-state index contributed by atoms with van der Waals surface area (Å²) >= 11 is 5.99. The van der Waals surface area contributed by atoms with E-state index in [1.807, 2.05) is 18.2 Å². The molecule has 0 aliphatic rings. The van der Waals surface area contributed by atoms with Gasteiger partial charge in [-0.05, 0) is 31.5 Å². The highest BCUT2D eigenvalue weighted by molar-refractivity contribution is 6.31. The second-order valence-electron chi connectivity index (χ2n) is 4.24. The van der Waals surface area contributed by atoms with Gasteiger partial charge >= 0.3 is 0 Å². The molecule has 0 bridgehead atoms. The number of halogens is 1. The molecule has 18 heavy (non-hydrogen) atoms. The van der Waals surface area contributed by atoms with E-state index in [-0.39, 0.29) is 6.04 Å². The Morgan fingerprint density at radius 2 is 2.28 bits per heavy atom. The van der Waals surface area contributed by atoms with Crippen LogP contribution >= 0.6 is 11.6 Å². The number of fused-ring (bicyclic) bond motifs is 1. The largest absolute Gasteiger partial charge is 0.385 e. The maximum Gasteiger partial charge on any atom is 0.126 e. The lowest BCUT2D eigenvalue weighted by Gasteiger charge is -2.12. The first-order valence-electron chi connectivity index (χ1n) is 6.07. The van der Waals surface area contributed by atoms with Crippen molar-refractivity contribution >= 4 is 22.6 Å². The van der Waals surface area contributed by atoms with Crippen molar-refractivity contribution in [3.63, 3.8) is 0 Å². The maximum atomic E-state index is 6.16. The molecule has 2 aromatic rings. The van der Waals surface area contributed by atoms with Gasteiger partial charge in [-0.1, -0.05) is 11.6 Å². The Morgan fingerprint density at radius 3 is 2.94 bits per heavy atom. The van der Waals surface area contributed by atoms with Gasteiger partial charge in [0.2, 0.25) is 0 Å². The van der Waals surface area contributed by atoms with Crippen LogP contribution in [0.15, 0.2) is 18.2 Å². The average Bonchev–Trinajstić information content (AvgIpc) is 2.73. The van der Waals surface area contributed by atoms with Crippen LogP contribution in [0.1, 0.15) is 25.2 Å². The Hall–Kier alpha value is -1.10. The molecule has 4 nitrogen and oxygen atoms in total. The smallest absolute Gasteiger partial charge is 0.126 e. The van der Waals surface area contributed by atoms with E-state index in [2.05, 4.69) is 16.5 Å². The Labute approximate surface area is 112 Å². The van der Waals surface area contributed by atoms with Crippen LogP contribution in [0.2, 0.25) is 5.02 Å². The molecule has 1 aromatic carbocycles. The summed E-state index contributed by atoms with van der Waals surface area (Å²) in [4.78, 5) is 4.60. The number of rotatable bonds is 5. The summed E-state index contributed by atoms with van der Waals surface area (Å²) in [7, 11) is 1.68. The van der Waals surface area contributed by atoms with Crippen LogP contribution in [0.3, 0.4) is 0 Å². The van der Waals surface area contributed by atoms with E-state index in [9.17, 15) is 0 Å². The van der Waals surface area contributed by atoms with Crippen molar-refractivity contribution in [3.05, 3.63) is 29.0 Å². The normalized spacial score (nSPS) is 13.1. The first kappa shape index (κ1) is 13.3. The van der Waals surface area contributed by atoms with Crippen molar-refractivity contribution in [1.29, 1.82) is 0 Å². The molecular weight excluding hydrogens is 250 g/mol. The second-order valence-corrected chi connectivity index (χ2v) is 4.67. The summed E-state index contributed by atoms with van der Waals surface area (Å²) in [5.41, 5.74) is 8.13. The van der Waals surface area contributed by atoms with E-state index < -0.39 is 0 Å². The van der Waals surface area contributed by atoms with Gasteiger partial charge in [0, 0.05) is 25.3 Å². The minimum atomic E-state index is -0.115. The molecule has 0 amide bonds. The molecule has 0 saturated carbocycles. The molecule has 1 unspecified atom stereocenters. The Bertz CT molecular complexity index is 538.